The second-order valence-corrected chi connectivity index (χ2v) is 8.66. The summed E-state index contributed by atoms with van der Waals surface area (Å²) in [6.07, 6.45) is 2.39. The van der Waals surface area contributed by atoms with Crippen molar-refractivity contribution >= 4 is 38.7 Å². The smallest absolute Gasteiger partial charge is 0.420 e. The van der Waals surface area contributed by atoms with Crippen molar-refractivity contribution < 1.29 is 17.9 Å². The normalized spacial score (nSPS) is 16.9. The molecule has 1 amide bonds. The third kappa shape index (κ3) is 7.35. The van der Waals surface area contributed by atoms with Crippen LogP contribution in [-0.4, -0.2) is 57.2 Å². The molecule has 1 fully saturated rings. The number of ether oxygens (including phenoxy) is 1. The highest BCUT2D eigenvalue weighted by Crippen LogP contribution is 2.18. The summed E-state index contributed by atoms with van der Waals surface area (Å²) in [4.78, 5) is 14.8. The maximum Gasteiger partial charge on any atom is 0.420 e. The molecular weight excluding hydrogens is 404 g/mol. The lowest BCUT2D eigenvalue weighted by atomic mass is 10.2. The number of carbonyl (C=O) groups excluding carboxylic acids is 1. The van der Waals surface area contributed by atoms with Crippen molar-refractivity contribution in [3.05, 3.63) is 24.3 Å². The van der Waals surface area contributed by atoms with Gasteiger partial charge in [0.15, 0.2) is 5.17 Å². The highest BCUT2D eigenvalue weighted by Gasteiger charge is 2.17. The largest absolute Gasteiger partial charge is 0.452 e. The molecule has 0 bridgehead atoms. The molecular formula is C16H24N6O4S2. The topological polar surface area (TPSA) is 139 Å². The number of piperidine rings is 1. The van der Waals surface area contributed by atoms with E-state index in [4.69, 9.17) is 5.73 Å². The van der Waals surface area contributed by atoms with Gasteiger partial charge in [0.1, 0.15) is 0 Å². The van der Waals surface area contributed by atoms with Crippen LogP contribution >= 0.6 is 11.8 Å². The first-order valence-electron chi connectivity index (χ1n) is 8.71. The maximum absolute atomic E-state index is 11.8. The molecule has 2 aliphatic heterocycles. The monoisotopic (exact) mass is 428 g/mol. The summed E-state index contributed by atoms with van der Waals surface area (Å²) in [5, 5.41) is 10.8. The fourth-order valence-electron chi connectivity index (χ4n) is 2.34. The van der Waals surface area contributed by atoms with Gasteiger partial charge in [-0.2, -0.15) is 0 Å². The number of hydrogen-bond acceptors (Lipinski definition) is 9. The van der Waals surface area contributed by atoms with E-state index in [1.165, 1.54) is 30.7 Å². The van der Waals surface area contributed by atoms with Crippen molar-refractivity contribution in [2.24, 2.45) is 21.1 Å². The Morgan fingerprint density at radius 1 is 1.25 bits per heavy atom. The number of methoxy groups -OCH3 is 1. The fraction of sp³-hybridized carbons (Fsp3) is 0.500. The number of rotatable bonds is 4. The molecule has 0 aromatic heterocycles. The maximum atomic E-state index is 11.8. The van der Waals surface area contributed by atoms with Gasteiger partial charge in [-0.1, -0.05) is 17.0 Å². The molecule has 3 rings (SSSR count). The van der Waals surface area contributed by atoms with Gasteiger partial charge >= 0.3 is 6.09 Å². The minimum atomic E-state index is -3.93. The number of sulfonamides is 1. The number of hydrogen-bond donors (Lipinski definition) is 2. The SMILES string of the molecule is COC(=O)NS(=O)(=O)c1ccc(N=NN2CCCCC2)cc1.NC1=NCCS1. The van der Waals surface area contributed by atoms with Crippen molar-refractivity contribution in [1.29, 1.82) is 0 Å². The third-order valence-electron chi connectivity index (χ3n) is 3.78. The molecule has 1 aromatic rings. The van der Waals surface area contributed by atoms with Crippen LogP contribution in [0.1, 0.15) is 19.3 Å². The molecule has 154 valence electrons. The van der Waals surface area contributed by atoms with Gasteiger partial charge in [-0.3, -0.25) is 10.0 Å². The van der Waals surface area contributed by atoms with Crippen LogP contribution < -0.4 is 10.5 Å². The van der Waals surface area contributed by atoms with Crippen LogP contribution in [0.15, 0.2) is 44.5 Å². The Balaban J connectivity index is 0.000000397. The average Bonchev–Trinajstić information content (AvgIpc) is 3.18. The molecule has 2 heterocycles. The van der Waals surface area contributed by atoms with Gasteiger partial charge < -0.3 is 10.5 Å². The lowest BCUT2D eigenvalue weighted by molar-refractivity contribution is 0.177. The second kappa shape index (κ2) is 10.9. The summed E-state index contributed by atoms with van der Waals surface area (Å²) in [6, 6.07) is 5.77. The Labute approximate surface area is 168 Å². The van der Waals surface area contributed by atoms with Gasteiger partial charge in [-0.25, -0.2) is 17.9 Å². The molecule has 0 atom stereocenters. The Kier molecular flexibility index (Phi) is 8.51. The summed E-state index contributed by atoms with van der Waals surface area (Å²) < 4.78 is 29.7. The van der Waals surface area contributed by atoms with E-state index in [9.17, 15) is 13.2 Å². The van der Waals surface area contributed by atoms with Crippen LogP contribution in [0.2, 0.25) is 0 Å². The quantitative estimate of drug-likeness (QED) is 0.701. The number of aliphatic imine (C=N–C) groups is 1. The van der Waals surface area contributed by atoms with Crippen molar-refractivity contribution in [2.75, 3.05) is 32.5 Å². The Bertz CT molecular complexity index is 805. The molecule has 2 aliphatic rings. The van der Waals surface area contributed by atoms with Crippen molar-refractivity contribution in [2.45, 2.75) is 24.2 Å². The second-order valence-electron chi connectivity index (χ2n) is 5.86. The number of carbonyl (C=O) groups is 1. The zero-order chi connectivity index (χ0) is 20.4. The van der Waals surface area contributed by atoms with Gasteiger partial charge in [0.25, 0.3) is 10.0 Å². The highest BCUT2D eigenvalue weighted by atomic mass is 32.2. The van der Waals surface area contributed by atoms with Gasteiger partial charge in [-0.05, 0) is 43.5 Å². The molecule has 1 aromatic carbocycles. The van der Waals surface area contributed by atoms with Crippen molar-refractivity contribution in [3.63, 3.8) is 0 Å². The minimum Gasteiger partial charge on any atom is -0.452 e. The van der Waals surface area contributed by atoms with E-state index in [0.29, 0.717) is 5.69 Å². The summed E-state index contributed by atoms with van der Waals surface area (Å²) in [5.41, 5.74) is 5.79. The van der Waals surface area contributed by atoms with E-state index in [1.54, 1.807) is 16.5 Å². The van der Waals surface area contributed by atoms with E-state index < -0.39 is 16.1 Å². The number of amidine groups is 1. The molecule has 10 nitrogen and oxygen atoms in total. The fourth-order valence-corrected chi connectivity index (χ4v) is 3.82. The molecule has 0 radical (unpaired) electrons. The van der Waals surface area contributed by atoms with E-state index in [1.807, 2.05) is 5.01 Å². The number of thioether (sulfide) groups is 1. The summed E-state index contributed by atoms with van der Waals surface area (Å²) in [5.74, 6) is 1.08. The molecule has 0 aliphatic carbocycles. The summed E-state index contributed by atoms with van der Waals surface area (Å²) >= 11 is 1.62. The summed E-state index contributed by atoms with van der Waals surface area (Å²) in [7, 11) is -2.84. The van der Waals surface area contributed by atoms with Crippen LogP contribution in [0.5, 0.6) is 0 Å². The molecule has 3 N–H and O–H groups in total. The zero-order valence-electron chi connectivity index (χ0n) is 15.6. The minimum absolute atomic E-state index is 0.0465. The van der Waals surface area contributed by atoms with Crippen molar-refractivity contribution in [3.8, 4) is 0 Å². The molecule has 12 heteroatoms. The third-order valence-corrected chi connectivity index (χ3v) is 5.92. The van der Waals surface area contributed by atoms with Crippen LogP contribution in [0.25, 0.3) is 0 Å². The Hall–Kier alpha value is -2.34. The lowest BCUT2D eigenvalue weighted by Gasteiger charge is -2.21. The van der Waals surface area contributed by atoms with Gasteiger partial charge in [-0.15, -0.1) is 5.11 Å². The predicted molar refractivity (Wildman–Crippen MR) is 108 cm³/mol. The summed E-state index contributed by atoms with van der Waals surface area (Å²) in [6.45, 7) is 2.69. The molecule has 1 saturated heterocycles. The molecule has 0 unspecified atom stereocenters. The highest BCUT2D eigenvalue weighted by molar-refractivity contribution is 8.14. The molecule has 0 saturated carbocycles. The van der Waals surface area contributed by atoms with Gasteiger partial charge in [0.05, 0.1) is 24.2 Å². The standard InChI is InChI=1S/C13H18N4O4S.C3H6N2S/c1-21-13(18)15-22(19,20)12-7-5-11(6-8-12)14-16-17-9-3-2-4-10-17;4-3-5-1-2-6-3/h5-8H,2-4,9-10H2,1H3,(H,15,18);1-2H2,(H2,4,5). The van der Waals surface area contributed by atoms with Crippen LogP contribution in [-0.2, 0) is 14.8 Å². The first-order valence-corrected chi connectivity index (χ1v) is 11.2. The first kappa shape index (κ1) is 22.0. The lowest BCUT2D eigenvalue weighted by Crippen LogP contribution is -2.30. The Morgan fingerprint density at radius 2 is 1.93 bits per heavy atom. The molecule has 0 spiro atoms. The van der Waals surface area contributed by atoms with E-state index in [2.05, 4.69) is 20.1 Å². The first-order chi connectivity index (χ1) is 13.4. The number of nitrogens with two attached hydrogens (primary N) is 1. The van der Waals surface area contributed by atoms with Gasteiger partial charge in [0.2, 0.25) is 0 Å². The van der Waals surface area contributed by atoms with Crippen LogP contribution in [0.4, 0.5) is 10.5 Å². The molecule has 28 heavy (non-hydrogen) atoms. The van der Waals surface area contributed by atoms with E-state index >= 15 is 0 Å². The number of nitrogens with one attached hydrogen (secondary N) is 1. The predicted octanol–water partition coefficient (Wildman–Crippen LogP) is 2.26. The number of nitrogens with zero attached hydrogens (tertiary/aromatic N) is 4. The zero-order valence-corrected chi connectivity index (χ0v) is 17.2. The average molecular weight is 429 g/mol. The van der Waals surface area contributed by atoms with E-state index in [-0.39, 0.29) is 4.90 Å². The van der Waals surface area contributed by atoms with Crippen molar-refractivity contribution in [1.82, 2.24) is 9.73 Å². The van der Waals surface area contributed by atoms with E-state index in [0.717, 1.165) is 50.5 Å². The number of amides is 1. The number of benzene rings is 1. The van der Waals surface area contributed by atoms with Crippen LogP contribution in [0.3, 0.4) is 0 Å². The van der Waals surface area contributed by atoms with Crippen LogP contribution in [0, 0.1) is 0 Å². The van der Waals surface area contributed by atoms with Gasteiger partial charge in [0, 0.05) is 18.8 Å². The Morgan fingerprint density at radius 3 is 2.43 bits per heavy atom.